The Morgan fingerprint density at radius 3 is 2.33 bits per heavy atom. The molecular formula is C11H22S. The largest absolute Gasteiger partial charge is 0.149 e. The molecule has 0 aliphatic heterocycles. The van der Waals surface area contributed by atoms with Gasteiger partial charge in [0.15, 0.2) is 0 Å². The van der Waals surface area contributed by atoms with E-state index >= 15 is 0 Å². The maximum absolute atomic E-state index is 4.17. The lowest BCUT2D eigenvalue weighted by molar-refractivity contribution is 0.310. The van der Waals surface area contributed by atoms with Crippen LogP contribution in [0.1, 0.15) is 52.9 Å². The third-order valence-corrected chi connectivity index (χ3v) is 2.75. The highest BCUT2D eigenvalue weighted by molar-refractivity contribution is 7.84. The summed E-state index contributed by atoms with van der Waals surface area (Å²) in [6.07, 6.45) is 6.22. The van der Waals surface area contributed by atoms with E-state index in [0.29, 0.717) is 5.41 Å². The molecule has 0 fully saturated rings. The quantitative estimate of drug-likeness (QED) is 0.460. The number of hydrogen-bond acceptors (Lipinski definition) is 1. The molecule has 72 valence electrons. The number of hydrogen-bond donors (Lipinski definition) is 1. The van der Waals surface area contributed by atoms with Gasteiger partial charge in [0, 0.05) is 0 Å². The summed E-state index contributed by atoms with van der Waals surface area (Å²) in [5, 5.41) is 0. The number of rotatable bonds is 6. The van der Waals surface area contributed by atoms with Crippen LogP contribution in [0.5, 0.6) is 0 Å². The molecular weight excluding hydrogens is 164 g/mol. The Hall–Kier alpha value is 0.0900. The number of unbranched alkanes of at least 4 members (excludes halogenated alkanes) is 1. The molecule has 0 saturated carbocycles. The molecule has 0 aliphatic carbocycles. The molecule has 0 atom stereocenters. The fourth-order valence-corrected chi connectivity index (χ4v) is 1.27. The van der Waals surface area contributed by atoms with Gasteiger partial charge >= 0.3 is 0 Å². The summed E-state index contributed by atoms with van der Waals surface area (Å²) >= 11 is 4.17. The highest BCUT2D eigenvalue weighted by Gasteiger charge is 2.13. The first-order valence-corrected chi connectivity index (χ1v) is 5.29. The van der Waals surface area contributed by atoms with Gasteiger partial charge in [-0.2, -0.15) is 0 Å². The Kier molecular flexibility index (Phi) is 5.73. The highest BCUT2D eigenvalue weighted by Crippen LogP contribution is 2.27. The van der Waals surface area contributed by atoms with Crippen LogP contribution in [0.15, 0.2) is 11.5 Å². The van der Waals surface area contributed by atoms with Crippen LogP contribution in [-0.2, 0) is 0 Å². The van der Waals surface area contributed by atoms with E-state index in [9.17, 15) is 0 Å². The van der Waals surface area contributed by atoms with Crippen LogP contribution in [0.4, 0.5) is 0 Å². The first kappa shape index (κ1) is 12.1. The van der Waals surface area contributed by atoms with Crippen LogP contribution in [0, 0.1) is 5.41 Å². The van der Waals surface area contributed by atoms with Crippen molar-refractivity contribution in [2.24, 2.45) is 5.41 Å². The van der Waals surface area contributed by atoms with Gasteiger partial charge in [-0.15, -0.1) is 12.6 Å². The monoisotopic (exact) mass is 186 g/mol. The second-order valence-electron chi connectivity index (χ2n) is 4.29. The molecule has 12 heavy (non-hydrogen) atoms. The molecule has 0 aromatic carbocycles. The van der Waals surface area contributed by atoms with Crippen molar-refractivity contribution in [3.63, 3.8) is 0 Å². The van der Waals surface area contributed by atoms with Gasteiger partial charge in [-0.1, -0.05) is 40.2 Å². The van der Waals surface area contributed by atoms with Gasteiger partial charge in [0.25, 0.3) is 0 Å². The molecule has 0 N–H and O–H groups in total. The summed E-state index contributed by atoms with van der Waals surface area (Å²) < 4.78 is 0. The fraction of sp³-hybridized carbons (Fsp3) is 0.818. The van der Waals surface area contributed by atoms with E-state index in [1.165, 1.54) is 25.7 Å². The first-order chi connectivity index (χ1) is 5.48. The normalized spacial score (nSPS) is 11.7. The zero-order valence-electron chi connectivity index (χ0n) is 8.69. The summed E-state index contributed by atoms with van der Waals surface area (Å²) in [4.78, 5) is 1.02. The topological polar surface area (TPSA) is 0 Å². The van der Waals surface area contributed by atoms with Gasteiger partial charge < -0.3 is 0 Å². The molecule has 0 saturated heterocycles. The Morgan fingerprint density at radius 2 is 1.92 bits per heavy atom. The van der Waals surface area contributed by atoms with Gasteiger partial charge in [-0.3, -0.25) is 0 Å². The molecule has 0 aromatic rings. The van der Waals surface area contributed by atoms with Gasteiger partial charge in [0.1, 0.15) is 0 Å². The van der Waals surface area contributed by atoms with E-state index in [-0.39, 0.29) is 0 Å². The Labute approximate surface area is 82.9 Å². The maximum atomic E-state index is 4.17. The van der Waals surface area contributed by atoms with Gasteiger partial charge in [-0.05, 0) is 29.6 Å². The molecule has 0 rings (SSSR count). The Balaban J connectivity index is 3.37. The molecule has 0 spiro atoms. The van der Waals surface area contributed by atoms with Crippen molar-refractivity contribution >= 4 is 12.6 Å². The van der Waals surface area contributed by atoms with E-state index in [4.69, 9.17) is 0 Å². The average Bonchev–Trinajstić information content (AvgIpc) is 1.98. The molecule has 1 heteroatoms. The summed E-state index contributed by atoms with van der Waals surface area (Å²) in [7, 11) is 0. The van der Waals surface area contributed by atoms with E-state index in [0.717, 1.165) is 11.3 Å². The molecule has 0 bridgehead atoms. The maximum Gasteiger partial charge on any atom is -0.0227 e. The van der Waals surface area contributed by atoms with Crippen molar-refractivity contribution < 1.29 is 0 Å². The standard InChI is InChI=1S/C11H22S/c1-5-11(3,4)9-7-6-8-10(2)12/h12H,2,5-9H2,1,3-4H3. The lowest BCUT2D eigenvalue weighted by atomic mass is 9.84. The van der Waals surface area contributed by atoms with Crippen LogP contribution in [0.3, 0.4) is 0 Å². The molecule has 0 unspecified atom stereocenters. The average molecular weight is 186 g/mol. The van der Waals surface area contributed by atoms with Crippen molar-refractivity contribution in [2.45, 2.75) is 52.9 Å². The van der Waals surface area contributed by atoms with Crippen molar-refractivity contribution in [1.82, 2.24) is 0 Å². The zero-order chi connectivity index (χ0) is 9.61. The minimum absolute atomic E-state index is 0.526. The number of thiol groups is 1. The van der Waals surface area contributed by atoms with Gasteiger partial charge in [0.05, 0.1) is 0 Å². The molecule has 0 aromatic heterocycles. The fourth-order valence-electron chi connectivity index (χ4n) is 1.11. The van der Waals surface area contributed by atoms with Gasteiger partial charge in [0.2, 0.25) is 0 Å². The second kappa shape index (κ2) is 5.69. The predicted molar refractivity (Wildman–Crippen MR) is 60.7 cm³/mol. The van der Waals surface area contributed by atoms with E-state index in [1.54, 1.807) is 0 Å². The van der Waals surface area contributed by atoms with Crippen LogP contribution in [0.2, 0.25) is 0 Å². The number of allylic oxidation sites excluding steroid dienone is 1. The predicted octanol–water partition coefficient (Wildman–Crippen LogP) is 4.43. The Morgan fingerprint density at radius 1 is 1.33 bits per heavy atom. The lowest BCUT2D eigenvalue weighted by Gasteiger charge is -2.22. The molecule has 0 radical (unpaired) electrons. The third kappa shape index (κ3) is 6.78. The van der Waals surface area contributed by atoms with Crippen LogP contribution in [0.25, 0.3) is 0 Å². The summed E-state index contributed by atoms with van der Waals surface area (Å²) in [6.45, 7) is 10.7. The van der Waals surface area contributed by atoms with Gasteiger partial charge in [-0.25, -0.2) is 0 Å². The zero-order valence-corrected chi connectivity index (χ0v) is 9.58. The van der Waals surface area contributed by atoms with Crippen molar-refractivity contribution in [1.29, 1.82) is 0 Å². The minimum atomic E-state index is 0.526. The van der Waals surface area contributed by atoms with Crippen molar-refractivity contribution in [3.05, 3.63) is 11.5 Å². The highest BCUT2D eigenvalue weighted by atomic mass is 32.1. The first-order valence-electron chi connectivity index (χ1n) is 4.84. The van der Waals surface area contributed by atoms with Crippen LogP contribution >= 0.6 is 12.6 Å². The second-order valence-corrected chi connectivity index (χ2v) is 4.92. The molecule has 0 heterocycles. The van der Waals surface area contributed by atoms with Crippen LogP contribution in [-0.4, -0.2) is 0 Å². The van der Waals surface area contributed by atoms with Crippen molar-refractivity contribution in [3.8, 4) is 0 Å². The van der Waals surface area contributed by atoms with E-state index in [2.05, 4.69) is 40.0 Å². The summed E-state index contributed by atoms with van der Waals surface area (Å²) in [6, 6.07) is 0. The van der Waals surface area contributed by atoms with Crippen molar-refractivity contribution in [2.75, 3.05) is 0 Å². The van der Waals surface area contributed by atoms with E-state index < -0.39 is 0 Å². The smallest absolute Gasteiger partial charge is 0.0227 e. The summed E-state index contributed by atoms with van der Waals surface area (Å²) in [5.41, 5.74) is 0.526. The molecule has 0 aliphatic rings. The lowest BCUT2D eigenvalue weighted by Crippen LogP contribution is -2.08. The summed E-state index contributed by atoms with van der Waals surface area (Å²) in [5.74, 6) is 0. The SMILES string of the molecule is C=C(S)CCCCC(C)(C)CC. The molecule has 0 amide bonds. The Bertz CT molecular complexity index is 136. The van der Waals surface area contributed by atoms with E-state index in [1.807, 2.05) is 0 Å². The minimum Gasteiger partial charge on any atom is -0.149 e. The van der Waals surface area contributed by atoms with Crippen LogP contribution < -0.4 is 0 Å². The third-order valence-electron chi connectivity index (χ3n) is 2.53. The molecule has 0 nitrogen and oxygen atoms in total.